The molecule has 7 atom stereocenters. The van der Waals surface area contributed by atoms with Gasteiger partial charge < -0.3 is 58.9 Å². The third kappa shape index (κ3) is 16.8. The Kier molecular flexibility index (Phi) is 20.9. The van der Waals surface area contributed by atoms with Gasteiger partial charge in [-0.15, -0.1) is 0 Å². The number of benzene rings is 3. The molecule has 0 radical (unpaired) electrons. The average Bonchev–Trinajstić information content (AvgIpc) is 4.02. The molecule has 1 aliphatic heterocycles. The van der Waals surface area contributed by atoms with Crippen molar-refractivity contribution >= 4 is 58.6 Å². The van der Waals surface area contributed by atoms with Crippen LogP contribution in [0.2, 0.25) is 0 Å². The quantitative estimate of drug-likeness (QED) is 0.0116. The average molecular weight is 979 g/mol. The van der Waals surface area contributed by atoms with Crippen LogP contribution in [-0.2, 0) is 52.8 Å². The Hall–Kier alpha value is -7.16. The number of nitrogens with one attached hydrogen (secondary N) is 7. The van der Waals surface area contributed by atoms with Gasteiger partial charge in [-0.05, 0) is 86.6 Å². The second-order valence-corrected chi connectivity index (χ2v) is 18.2. The Morgan fingerprint density at radius 2 is 1.34 bits per heavy atom. The molecule has 0 spiro atoms. The van der Waals surface area contributed by atoms with E-state index in [4.69, 9.17) is 24.3 Å². The molecule has 0 saturated carbocycles. The lowest BCUT2D eigenvalue weighted by Gasteiger charge is -2.31. The minimum absolute atomic E-state index is 0.00214. The highest BCUT2D eigenvalue weighted by Crippen LogP contribution is 2.22. The number of primary amides is 1. The molecule has 2 unspecified atom stereocenters. The molecule has 5 rings (SSSR count). The summed E-state index contributed by atoms with van der Waals surface area (Å²) in [6.45, 7) is 4.29. The summed E-state index contributed by atoms with van der Waals surface area (Å²) < 4.78 is 7.91. The van der Waals surface area contributed by atoms with E-state index in [9.17, 15) is 33.6 Å². The molecule has 71 heavy (non-hydrogen) atoms. The Balaban J connectivity index is 1.44. The van der Waals surface area contributed by atoms with Crippen LogP contribution in [0.3, 0.4) is 0 Å². The Morgan fingerprint density at radius 1 is 0.746 bits per heavy atom. The number of fused-ring (bicyclic) bond motifs is 1. The Labute approximate surface area is 416 Å². The summed E-state index contributed by atoms with van der Waals surface area (Å²) in [6.07, 6.45) is 3.48. The predicted molar refractivity (Wildman–Crippen MR) is 272 cm³/mol. The molecular weight excluding hydrogens is 907 g/mol. The van der Waals surface area contributed by atoms with E-state index in [0.717, 1.165) is 16.5 Å². The molecule has 4 aromatic rings. The number of hydrazine groups is 1. The third-order valence-corrected chi connectivity index (χ3v) is 12.4. The standard InChI is InChI=1S/C51H71N13O7/c1-32(2)44(45(53)66)61-49(70)43-23-14-26-64(43)50(71)39(22-11-12-24-52)58-46(67)40(27-33-15-5-3-6-16-33)59-47(68)41(29-35-30-57-38-21-10-9-20-37(35)38)60-48(69)42(28-34-17-7-4-8-18-34)63-62-36(31-65)19-13-25-56-51(54)55/h3-10,15-18,20-21,30-32,36,39-44,57,62-63H,11-14,19,22-29,52H2,1-2H3,(H2,53,66)(H,58,67)(H,59,68)(H,60,69)(H,61,70)(H4,54,55,56)/t36-,39?,40-,41?,42-,43-,44-/m0/s1/i31D. The molecular formula is C51H71N13O7. The number of aliphatic imine (C=N–C) groups is 1. The third-order valence-electron chi connectivity index (χ3n) is 12.4. The van der Waals surface area contributed by atoms with Gasteiger partial charge in [-0.3, -0.25) is 33.8 Å². The number of likely N-dealkylation sites (tertiary alicyclic amines) is 1. The van der Waals surface area contributed by atoms with Gasteiger partial charge >= 0.3 is 0 Å². The maximum absolute atomic E-state index is 14.9. The van der Waals surface area contributed by atoms with Crippen LogP contribution in [0.15, 0.2) is 96.1 Å². The minimum atomic E-state index is -1.28. The SMILES string of the molecule is [2H]C(=O)[C@H](CCCN=C(N)N)NN[C@@H](Cc1ccccc1)C(=O)NC(Cc1c[nH]c2ccccc12)C(=O)N[C@@H](Cc1ccccc1)C(=O)NC(CCCCN)C(=O)N1CCC[C@H]1C(=O)N[C@H](C(N)=O)C(C)C. The molecule has 15 N–H and O–H groups in total. The Bertz CT molecular complexity index is 2470. The van der Waals surface area contributed by atoms with Crippen molar-refractivity contribution in [2.45, 2.75) is 120 Å². The first kappa shape index (κ1) is 53.2. The number of guanidine groups is 1. The van der Waals surface area contributed by atoms with E-state index in [1.165, 1.54) is 4.90 Å². The van der Waals surface area contributed by atoms with Crippen molar-refractivity contribution in [3.05, 3.63) is 108 Å². The van der Waals surface area contributed by atoms with E-state index in [-0.39, 0.29) is 57.1 Å². The van der Waals surface area contributed by atoms with Crippen molar-refractivity contribution in [1.82, 2.24) is 42.0 Å². The molecule has 2 heterocycles. The van der Waals surface area contributed by atoms with Gasteiger partial charge in [0.25, 0.3) is 0 Å². The number of aromatic nitrogens is 1. The second-order valence-electron chi connectivity index (χ2n) is 18.2. The number of hydrogen-bond acceptors (Lipinski definition) is 11. The zero-order valence-corrected chi connectivity index (χ0v) is 40.5. The van der Waals surface area contributed by atoms with Crippen LogP contribution in [-0.4, -0.2) is 119 Å². The number of carbonyl (C=O) groups is 7. The number of aldehydes is 1. The zero-order chi connectivity index (χ0) is 52.2. The number of aromatic amines is 1. The van der Waals surface area contributed by atoms with Crippen molar-refractivity contribution in [2.75, 3.05) is 19.6 Å². The van der Waals surface area contributed by atoms with Crippen molar-refractivity contribution in [3.63, 3.8) is 0 Å². The summed E-state index contributed by atoms with van der Waals surface area (Å²) in [5.41, 5.74) is 31.1. The summed E-state index contributed by atoms with van der Waals surface area (Å²) in [5, 5.41) is 12.3. The first-order chi connectivity index (χ1) is 34.6. The van der Waals surface area contributed by atoms with E-state index in [1.54, 1.807) is 44.3 Å². The van der Waals surface area contributed by atoms with Crippen molar-refractivity contribution in [3.8, 4) is 0 Å². The molecule has 20 heteroatoms. The molecule has 0 aliphatic carbocycles. The van der Waals surface area contributed by atoms with Crippen LogP contribution in [0.4, 0.5) is 0 Å². The fraction of sp³-hybridized carbons (Fsp3) is 0.451. The summed E-state index contributed by atoms with van der Waals surface area (Å²) in [6, 6.07) is 17.9. The predicted octanol–water partition coefficient (Wildman–Crippen LogP) is 0.480. The second kappa shape index (κ2) is 27.9. The largest absolute Gasteiger partial charge is 0.370 e. The number of para-hydroxylation sites is 1. The normalized spacial score (nSPS) is 16.1. The molecule has 20 nitrogen and oxygen atoms in total. The van der Waals surface area contributed by atoms with E-state index in [0.29, 0.717) is 49.8 Å². The van der Waals surface area contributed by atoms with Crippen molar-refractivity contribution in [1.29, 1.82) is 0 Å². The minimum Gasteiger partial charge on any atom is -0.370 e. The molecule has 1 saturated heterocycles. The fourth-order valence-electron chi connectivity index (χ4n) is 8.60. The highest BCUT2D eigenvalue weighted by Gasteiger charge is 2.40. The summed E-state index contributed by atoms with van der Waals surface area (Å²) in [4.78, 5) is 106. The van der Waals surface area contributed by atoms with Gasteiger partial charge in [0.15, 0.2) is 5.96 Å². The summed E-state index contributed by atoms with van der Waals surface area (Å²) in [5.74, 6) is -4.13. The number of rotatable bonds is 29. The lowest BCUT2D eigenvalue weighted by Crippen LogP contribution is -2.61. The van der Waals surface area contributed by atoms with E-state index in [1.807, 2.05) is 60.7 Å². The highest BCUT2D eigenvalue weighted by molar-refractivity contribution is 5.97. The van der Waals surface area contributed by atoms with E-state index in [2.05, 4.69) is 42.1 Å². The van der Waals surface area contributed by atoms with Gasteiger partial charge in [-0.25, -0.2) is 10.9 Å². The zero-order valence-electron chi connectivity index (χ0n) is 41.5. The fourth-order valence-corrected chi connectivity index (χ4v) is 8.60. The van der Waals surface area contributed by atoms with Crippen LogP contribution < -0.4 is 55.1 Å². The molecule has 3 aromatic carbocycles. The number of hydrogen-bond donors (Lipinski definition) is 11. The van der Waals surface area contributed by atoms with Gasteiger partial charge in [0.2, 0.25) is 35.4 Å². The van der Waals surface area contributed by atoms with Crippen molar-refractivity contribution < 1.29 is 34.9 Å². The van der Waals surface area contributed by atoms with Crippen LogP contribution in [0.5, 0.6) is 0 Å². The highest BCUT2D eigenvalue weighted by atomic mass is 16.2. The van der Waals surface area contributed by atoms with Crippen LogP contribution in [0, 0.1) is 5.92 Å². The first-order valence-corrected chi connectivity index (χ1v) is 24.3. The number of H-pyrrole nitrogens is 1. The Morgan fingerprint density at radius 3 is 1.94 bits per heavy atom. The summed E-state index contributed by atoms with van der Waals surface area (Å²) >= 11 is 0. The molecule has 0 bridgehead atoms. The molecule has 382 valence electrons. The number of nitrogens with zero attached hydrogens (tertiary/aromatic N) is 2. The van der Waals surface area contributed by atoms with E-state index < -0.39 is 84.0 Å². The smallest absolute Gasteiger partial charge is 0.245 e. The number of nitrogens with two attached hydrogens (primary N) is 4. The first-order valence-electron chi connectivity index (χ1n) is 24.8. The molecule has 1 aromatic heterocycles. The maximum atomic E-state index is 14.9. The van der Waals surface area contributed by atoms with Gasteiger partial charge in [0.05, 0.1) is 6.04 Å². The van der Waals surface area contributed by atoms with Crippen LogP contribution in [0.1, 0.15) is 76.9 Å². The number of amides is 6. The van der Waals surface area contributed by atoms with Gasteiger partial charge in [-0.1, -0.05) is 92.7 Å². The van der Waals surface area contributed by atoms with Crippen LogP contribution in [0.25, 0.3) is 10.9 Å². The van der Waals surface area contributed by atoms with Crippen LogP contribution >= 0.6 is 0 Å². The number of unbranched alkanes of at least 4 members (excludes halogenated alkanes) is 1. The lowest BCUT2D eigenvalue weighted by atomic mass is 10.00. The maximum Gasteiger partial charge on any atom is 0.245 e. The molecule has 6 amide bonds. The van der Waals surface area contributed by atoms with Gasteiger partial charge in [-0.2, -0.15) is 0 Å². The van der Waals surface area contributed by atoms with Crippen molar-refractivity contribution in [2.24, 2.45) is 33.8 Å². The van der Waals surface area contributed by atoms with Gasteiger partial charge in [0.1, 0.15) is 43.9 Å². The van der Waals surface area contributed by atoms with E-state index >= 15 is 0 Å². The topological polar surface area (TPSA) is 327 Å². The lowest BCUT2D eigenvalue weighted by molar-refractivity contribution is -0.142. The monoisotopic (exact) mass is 979 g/mol. The molecule has 1 fully saturated rings. The number of carbonyl (C=O) groups excluding carboxylic acids is 7. The van der Waals surface area contributed by atoms with Gasteiger partial charge in [0, 0.05) is 43.0 Å². The molecule has 1 aliphatic rings. The summed E-state index contributed by atoms with van der Waals surface area (Å²) in [7, 11) is 0.